The highest BCUT2D eigenvalue weighted by molar-refractivity contribution is 5.30. The number of hydrogen-bond donors (Lipinski definition) is 1. The van der Waals surface area contributed by atoms with Crippen molar-refractivity contribution in [3.63, 3.8) is 0 Å². The molecular formula is C20H27N. The van der Waals surface area contributed by atoms with E-state index in [9.17, 15) is 0 Å². The quantitative estimate of drug-likeness (QED) is 0.829. The van der Waals surface area contributed by atoms with Gasteiger partial charge in [-0.15, -0.1) is 0 Å². The van der Waals surface area contributed by atoms with Crippen molar-refractivity contribution in [3.8, 4) is 0 Å². The topological polar surface area (TPSA) is 12.0 Å². The summed E-state index contributed by atoms with van der Waals surface area (Å²) in [5.41, 5.74) is 6.99. The molecule has 2 aromatic carbocycles. The second-order valence-electron chi connectivity index (χ2n) is 6.14. The van der Waals surface area contributed by atoms with Crippen molar-refractivity contribution in [2.45, 2.75) is 46.1 Å². The zero-order valence-electron chi connectivity index (χ0n) is 13.7. The minimum absolute atomic E-state index is 0.535. The Bertz CT molecular complexity index is 586. The molecule has 0 aliphatic carbocycles. The van der Waals surface area contributed by atoms with Crippen molar-refractivity contribution >= 4 is 0 Å². The van der Waals surface area contributed by atoms with Crippen molar-refractivity contribution in [2.24, 2.45) is 0 Å². The molecule has 0 fully saturated rings. The highest BCUT2D eigenvalue weighted by Crippen LogP contribution is 2.14. The summed E-state index contributed by atoms with van der Waals surface area (Å²) >= 11 is 0. The van der Waals surface area contributed by atoms with E-state index < -0.39 is 0 Å². The SMILES string of the molecule is CNC(CCc1cccc(C)c1)Cc1ccc(C)c(C)c1. The van der Waals surface area contributed by atoms with Crippen LogP contribution >= 0.6 is 0 Å². The smallest absolute Gasteiger partial charge is 0.0108 e. The molecule has 1 nitrogen and oxygen atoms in total. The first-order valence-electron chi connectivity index (χ1n) is 7.87. The normalized spacial score (nSPS) is 12.4. The third-order valence-electron chi connectivity index (χ3n) is 4.33. The highest BCUT2D eigenvalue weighted by Gasteiger charge is 2.08. The van der Waals surface area contributed by atoms with Gasteiger partial charge in [-0.05, 0) is 69.3 Å². The van der Waals surface area contributed by atoms with Gasteiger partial charge in [0.2, 0.25) is 0 Å². The number of rotatable bonds is 6. The lowest BCUT2D eigenvalue weighted by atomic mass is 9.96. The summed E-state index contributed by atoms with van der Waals surface area (Å²) < 4.78 is 0. The maximum atomic E-state index is 3.47. The Labute approximate surface area is 129 Å². The van der Waals surface area contributed by atoms with Crippen LogP contribution in [0.5, 0.6) is 0 Å². The summed E-state index contributed by atoms with van der Waals surface area (Å²) in [5, 5.41) is 3.47. The van der Waals surface area contributed by atoms with Gasteiger partial charge in [0, 0.05) is 6.04 Å². The third-order valence-corrected chi connectivity index (χ3v) is 4.33. The summed E-state index contributed by atoms with van der Waals surface area (Å²) in [4.78, 5) is 0. The van der Waals surface area contributed by atoms with E-state index in [0.29, 0.717) is 6.04 Å². The fraction of sp³-hybridized carbons (Fsp3) is 0.400. The maximum Gasteiger partial charge on any atom is 0.0108 e. The predicted octanol–water partition coefficient (Wildman–Crippen LogP) is 4.38. The molecule has 112 valence electrons. The molecule has 0 bridgehead atoms. The number of benzene rings is 2. The van der Waals surface area contributed by atoms with Gasteiger partial charge in [0.1, 0.15) is 0 Å². The van der Waals surface area contributed by atoms with Crippen molar-refractivity contribution in [3.05, 3.63) is 70.3 Å². The van der Waals surface area contributed by atoms with E-state index in [1.54, 1.807) is 0 Å². The number of likely N-dealkylation sites (N-methyl/N-ethyl adjacent to an activating group) is 1. The van der Waals surface area contributed by atoms with Gasteiger partial charge in [-0.3, -0.25) is 0 Å². The summed E-state index contributed by atoms with van der Waals surface area (Å²) in [7, 11) is 2.07. The first-order valence-corrected chi connectivity index (χ1v) is 7.87. The van der Waals surface area contributed by atoms with Gasteiger partial charge in [-0.2, -0.15) is 0 Å². The monoisotopic (exact) mass is 281 g/mol. The van der Waals surface area contributed by atoms with Crippen LogP contribution in [0.3, 0.4) is 0 Å². The molecule has 0 saturated heterocycles. The molecule has 21 heavy (non-hydrogen) atoms. The standard InChI is InChI=1S/C20H27N/c1-15-6-5-7-18(12-15)10-11-20(21-4)14-19-9-8-16(2)17(3)13-19/h5-9,12-13,20-21H,10-11,14H2,1-4H3. The van der Waals surface area contributed by atoms with Crippen molar-refractivity contribution < 1.29 is 0 Å². The summed E-state index contributed by atoms with van der Waals surface area (Å²) in [5.74, 6) is 0. The molecule has 1 N–H and O–H groups in total. The second-order valence-corrected chi connectivity index (χ2v) is 6.14. The summed E-state index contributed by atoms with van der Waals surface area (Å²) in [6.07, 6.45) is 3.41. The lowest BCUT2D eigenvalue weighted by Crippen LogP contribution is -2.28. The Kier molecular flexibility index (Phi) is 5.58. The Balaban J connectivity index is 1.95. The summed E-state index contributed by atoms with van der Waals surface area (Å²) in [6.45, 7) is 6.53. The van der Waals surface area contributed by atoms with Gasteiger partial charge in [-0.25, -0.2) is 0 Å². The lowest BCUT2D eigenvalue weighted by molar-refractivity contribution is 0.520. The number of hydrogen-bond acceptors (Lipinski definition) is 1. The largest absolute Gasteiger partial charge is 0.317 e. The average Bonchev–Trinajstić information content (AvgIpc) is 2.47. The van der Waals surface area contributed by atoms with Crippen LogP contribution in [-0.4, -0.2) is 13.1 Å². The third kappa shape index (κ3) is 4.71. The van der Waals surface area contributed by atoms with Crippen LogP contribution in [0.2, 0.25) is 0 Å². The van der Waals surface area contributed by atoms with E-state index in [1.807, 2.05) is 0 Å². The van der Waals surface area contributed by atoms with Crippen LogP contribution < -0.4 is 5.32 Å². The Hall–Kier alpha value is -1.60. The van der Waals surface area contributed by atoms with Crippen molar-refractivity contribution in [1.29, 1.82) is 0 Å². The molecule has 2 rings (SSSR count). The Morgan fingerprint density at radius 3 is 2.38 bits per heavy atom. The van der Waals surface area contributed by atoms with Gasteiger partial charge in [0.05, 0.1) is 0 Å². The molecule has 0 spiro atoms. The maximum absolute atomic E-state index is 3.47. The lowest BCUT2D eigenvalue weighted by Gasteiger charge is -2.17. The fourth-order valence-corrected chi connectivity index (χ4v) is 2.77. The Morgan fingerprint density at radius 2 is 1.71 bits per heavy atom. The van der Waals surface area contributed by atoms with Gasteiger partial charge in [-0.1, -0.05) is 48.0 Å². The number of nitrogens with one attached hydrogen (secondary N) is 1. The predicted molar refractivity (Wildman–Crippen MR) is 92.0 cm³/mol. The molecule has 1 atom stereocenters. The minimum Gasteiger partial charge on any atom is -0.317 e. The van der Waals surface area contributed by atoms with E-state index in [1.165, 1.54) is 34.2 Å². The van der Waals surface area contributed by atoms with E-state index in [2.05, 4.69) is 75.6 Å². The first-order chi connectivity index (χ1) is 10.1. The van der Waals surface area contributed by atoms with Crippen LogP contribution in [0, 0.1) is 20.8 Å². The van der Waals surface area contributed by atoms with Crippen LogP contribution in [-0.2, 0) is 12.8 Å². The van der Waals surface area contributed by atoms with Crippen molar-refractivity contribution in [1.82, 2.24) is 5.32 Å². The van der Waals surface area contributed by atoms with Crippen LogP contribution in [0.1, 0.15) is 34.2 Å². The Morgan fingerprint density at radius 1 is 0.905 bits per heavy atom. The van der Waals surface area contributed by atoms with Crippen LogP contribution in [0.15, 0.2) is 42.5 Å². The first kappa shape index (κ1) is 15.8. The second kappa shape index (κ2) is 7.42. The van der Waals surface area contributed by atoms with Crippen LogP contribution in [0.4, 0.5) is 0 Å². The molecule has 0 heterocycles. The molecule has 1 heteroatoms. The summed E-state index contributed by atoms with van der Waals surface area (Å²) in [6, 6.07) is 16.2. The molecule has 0 aromatic heterocycles. The van der Waals surface area contributed by atoms with E-state index in [0.717, 1.165) is 12.8 Å². The average molecular weight is 281 g/mol. The van der Waals surface area contributed by atoms with Crippen LogP contribution in [0.25, 0.3) is 0 Å². The number of aryl methyl sites for hydroxylation is 4. The highest BCUT2D eigenvalue weighted by atomic mass is 14.9. The minimum atomic E-state index is 0.535. The fourth-order valence-electron chi connectivity index (χ4n) is 2.77. The molecule has 0 radical (unpaired) electrons. The van der Waals surface area contributed by atoms with Gasteiger partial charge < -0.3 is 5.32 Å². The molecule has 0 aliphatic rings. The van der Waals surface area contributed by atoms with E-state index in [4.69, 9.17) is 0 Å². The van der Waals surface area contributed by atoms with E-state index >= 15 is 0 Å². The molecule has 1 unspecified atom stereocenters. The molecule has 2 aromatic rings. The molecule has 0 amide bonds. The zero-order chi connectivity index (χ0) is 15.2. The zero-order valence-corrected chi connectivity index (χ0v) is 13.7. The van der Waals surface area contributed by atoms with E-state index in [-0.39, 0.29) is 0 Å². The molecular weight excluding hydrogens is 254 g/mol. The van der Waals surface area contributed by atoms with Gasteiger partial charge >= 0.3 is 0 Å². The van der Waals surface area contributed by atoms with Crippen molar-refractivity contribution in [2.75, 3.05) is 7.05 Å². The van der Waals surface area contributed by atoms with Gasteiger partial charge in [0.25, 0.3) is 0 Å². The molecule has 0 saturated carbocycles. The molecule has 0 aliphatic heterocycles. The van der Waals surface area contributed by atoms with Gasteiger partial charge in [0.15, 0.2) is 0 Å².